The van der Waals surface area contributed by atoms with Gasteiger partial charge in [0.25, 0.3) is 0 Å². The number of para-hydroxylation sites is 1. The van der Waals surface area contributed by atoms with Gasteiger partial charge in [0.15, 0.2) is 0 Å². The van der Waals surface area contributed by atoms with Crippen molar-refractivity contribution in [2.45, 2.75) is 13.2 Å². The molecule has 82 valence electrons. The number of aliphatic hydroxyl groups excluding tert-OH is 2. The second-order valence-corrected chi connectivity index (χ2v) is 3.08. The van der Waals surface area contributed by atoms with Crippen molar-refractivity contribution in [3.05, 3.63) is 29.3 Å². The highest BCUT2D eigenvalue weighted by atomic mass is 16.4. The maximum absolute atomic E-state index is 10.8. The fourth-order valence-electron chi connectivity index (χ4n) is 1.43. The van der Waals surface area contributed by atoms with Crippen LogP contribution in [0, 0.1) is 0 Å². The van der Waals surface area contributed by atoms with Gasteiger partial charge in [-0.15, -0.1) is 0 Å². The number of amides is 1. The van der Waals surface area contributed by atoms with Gasteiger partial charge in [-0.05, 0) is 0 Å². The average molecular weight is 211 g/mol. The molecule has 1 amide bonds. The largest absolute Gasteiger partial charge is 0.465 e. The van der Waals surface area contributed by atoms with Gasteiger partial charge in [0.1, 0.15) is 0 Å². The number of anilines is 1. The quantitative estimate of drug-likeness (QED) is 0.690. The molecule has 0 aliphatic rings. The van der Waals surface area contributed by atoms with Crippen molar-refractivity contribution in [2.24, 2.45) is 0 Å². The summed E-state index contributed by atoms with van der Waals surface area (Å²) < 4.78 is 0. The Balaban J connectivity index is 3.27. The molecule has 0 atom stereocenters. The zero-order chi connectivity index (χ0) is 11.4. The molecule has 0 spiro atoms. The molecule has 0 saturated heterocycles. The molecule has 3 N–H and O–H groups in total. The van der Waals surface area contributed by atoms with E-state index in [-0.39, 0.29) is 13.2 Å². The summed E-state index contributed by atoms with van der Waals surface area (Å²) in [6.07, 6.45) is -1.13. The van der Waals surface area contributed by atoms with Gasteiger partial charge in [0.05, 0.1) is 18.9 Å². The van der Waals surface area contributed by atoms with Crippen molar-refractivity contribution < 1.29 is 20.1 Å². The highest BCUT2D eigenvalue weighted by molar-refractivity contribution is 5.87. The van der Waals surface area contributed by atoms with E-state index in [4.69, 9.17) is 15.3 Å². The number of aliphatic hydroxyl groups is 2. The van der Waals surface area contributed by atoms with E-state index in [1.54, 1.807) is 18.2 Å². The molecule has 0 fully saturated rings. The fourth-order valence-corrected chi connectivity index (χ4v) is 1.43. The number of carboxylic acid groups (broad SMARTS) is 1. The second kappa shape index (κ2) is 4.77. The lowest BCUT2D eigenvalue weighted by molar-refractivity contribution is 0.203. The number of hydrogen-bond acceptors (Lipinski definition) is 3. The van der Waals surface area contributed by atoms with E-state index in [1.165, 1.54) is 7.05 Å². The minimum absolute atomic E-state index is 0.263. The van der Waals surface area contributed by atoms with Gasteiger partial charge in [0.2, 0.25) is 0 Å². The van der Waals surface area contributed by atoms with Crippen molar-refractivity contribution in [3.63, 3.8) is 0 Å². The van der Waals surface area contributed by atoms with E-state index in [9.17, 15) is 4.79 Å². The zero-order valence-electron chi connectivity index (χ0n) is 8.34. The molecule has 1 aromatic carbocycles. The maximum Gasteiger partial charge on any atom is 0.411 e. The average Bonchev–Trinajstić information content (AvgIpc) is 2.26. The van der Waals surface area contributed by atoms with Gasteiger partial charge in [-0.1, -0.05) is 18.2 Å². The molecule has 0 unspecified atom stereocenters. The lowest BCUT2D eigenvalue weighted by Crippen LogP contribution is -2.26. The molecular weight excluding hydrogens is 198 g/mol. The molecule has 0 bridgehead atoms. The van der Waals surface area contributed by atoms with Crippen molar-refractivity contribution in [3.8, 4) is 0 Å². The van der Waals surface area contributed by atoms with E-state index in [1.807, 2.05) is 0 Å². The van der Waals surface area contributed by atoms with Crippen molar-refractivity contribution in [1.29, 1.82) is 0 Å². The van der Waals surface area contributed by atoms with Crippen LogP contribution in [0.4, 0.5) is 10.5 Å². The number of rotatable bonds is 3. The molecule has 0 saturated carbocycles. The Kier molecular flexibility index (Phi) is 3.65. The van der Waals surface area contributed by atoms with E-state index in [2.05, 4.69) is 0 Å². The normalized spacial score (nSPS) is 10.1. The van der Waals surface area contributed by atoms with Crippen LogP contribution in [0.3, 0.4) is 0 Å². The number of hydrogen-bond donors (Lipinski definition) is 3. The van der Waals surface area contributed by atoms with Crippen LogP contribution in [0.2, 0.25) is 0 Å². The minimum Gasteiger partial charge on any atom is -0.465 e. The van der Waals surface area contributed by atoms with E-state index in [0.717, 1.165) is 4.90 Å². The molecule has 0 radical (unpaired) electrons. The topological polar surface area (TPSA) is 81.0 Å². The smallest absolute Gasteiger partial charge is 0.411 e. The molecule has 0 heterocycles. The summed E-state index contributed by atoms with van der Waals surface area (Å²) in [5.74, 6) is 0. The van der Waals surface area contributed by atoms with Gasteiger partial charge in [0, 0.05) is 18.2 Å². The summed E-state index contributed by atoms with van der Waals surface area (Å²) in [5, 5.41) is 27.0. The highest BCUT2D eigenvalue weighted by Gasteiger charge is 2.16. The summed E-state index contributed by atoms with van der Waals surface area (Å²) in [6.45, 7) is -0.526. The molecule has 0 aliphatic heterocycles. The van der Waals surface area contributed by atoms with E-state index < -0.39 is 6.09 Å². The Bertz CT molecular complexity index is 342. The van der Waals surface area contributed by atoms with Crippen LogP contribution >= 0.6 is 0 Å². The lowest BCUT2D eigenvalue weighted by Gasteiger charge is -2.19. The van der Waals surface area contributed by atoms with Crippen LogP contribution in [-0.2, 0) is 13.2 Å². The first-order valence-electron chi connectivity index (χ1n) is 4.41. The van der Waals surface area contributed by atoms with Crippen LogP contribution in [0.1, 0.15) is 11.1 Å². The van der Waals surface area contributed by atoms with Crippen LogP contribution in [-0.4, -0.2) is 28.5 Å². The summed E-state index contributed by atoms with van der Waals surface area (Å²) in [4.78, 5) is 11.8. The molecule has 0 aliphatic carbocycles. The number of carbonyl (C=O) groups is 1. The Morgan fingerprint density at radius 2 is 1.73 bits per heavy atom. The monoisotopic (exact) mass is 211 g/mol. The Morgan fingerprint density at radius 3 is 2.07 bits per heavy atom. The molecule has 1 aromatic rings. The Morgan fingerprint density at radius 1 is 1.27 bits per heavy atom. The van der Waals surface area contributed by atoms with E-state index >= 15 is 0 Å². The summed E-state index contributed by atoms with van der Waals surface area (Å²) in [6, 6.07) is 4.90. The molecular formula is C10H13NO4. The standard InChI is InChI=1S/C10H13NO4/c1-11(10(14)15)9-7(5-12)3-2-4-8(9)6-13/h2-4,12-13H,5-6H2,1H3,(H,14,15). The third-order valence-electron chi connectivity index (χ3n) is 2.17. The molecule has 1 rings (SSSR count). The van der Waals surface area contributed by atoms with Gasteiger partial charge >= 0.3 is 6.09 Å². The first-order valence-corrected chi connectivity index (χ1v) is 4.41. The van der Waals surface area contributed by atoms with Crippen LogP contribution < -0.4 is 4.90 Å². The maximum atomic E-state index is 10.8. The second-order valence-electron chi connectivity index (χ2n) is 3.08. The molecule has 15 heavy (non-hydrogen) atoms. The van der Waals surface area contributed by atoms with Crippen LogP contribution in [0.25, 0.3) is 0 Å². The molecule has 5 nitrogen and oxygen atoms in total. The Labute approximate surface area is 87.2 Å². The van der Waals surface area contributed by atoms with E-state index in [0.29, 0.717) is 16.8 Å². The van der Waals surface area contributed by atoms with Crippen molar-refractivity contribution >= 4 is 11.8 Å². The predicted octanol–water partition coefficient (Wildman–Crippen LogP) is 0.785. The highest BCUT2D eigenvalue weighted by Crippen LogP contribution is 2.25. The van der Waals surface area contributed by atoms with Crippen molar-refractivity contribution in [2.75, 3.05) is 11.9 Å². The van der Waals surface area contributed by atoms with Crippen LogP contribution in [0.15, 0.2) is 18.2 Å². The molecule has 5 heteroatoms. The number of benzene rings is 1. The number of nitrogens with zero attached hydrogens (tertiary/aromatic N) is 1. The summed E-state index contributed by atoms with van der Waals surface area (Å²) in [5.41, 5.74) is 1.30. The predicted molar refractivity (Wildman–Crippen MR) is 54.7 cm³/mol. The summed E-state index contributed by atoms with van der Waals surface area (Å²) in [7, 11) is 1.37. The van der Waals surface area contributed by atoms with Crippen LogP contribution in [0.5, 0.6) is 0 Å². The lowest BCUT2D eigenvalue weighted by atomic mass is 10.1. The van der Waals surface area contributed by atoms with Crippen molar-refractivity contribution in [1.82, 2.24) is 0 Å². The zero-order valence-corrected chi connectivity index (χ0v) is 8.34. The SMILES string of the molecule is CN(C(=O)O)c1c(CO)cccc1CO. The Hall–Kier alpha value is -1.59. The summed E-state index contributed by atoms with van der Waals surface area (Å²) >= 11 is 0. The van der Waals surface area contributed by atoms with Gasteiger partial charge < -0.3 is 15.3 Å². The first-order chi connectivity index (χ1) is 7.11. The third kappa shape index (κ3) is 2.26. The first kappa shape index (κ1) is 11.5. The van der Waals surface area contributed by atoms with Gasteiger partial charge in [-0.25, -0.2) is 4.79 Å². The molecule has 0 aromatic heterocycles. The fraction of sp³-hybridized carbons (Fsp3) is 0.300. The third-order valence-corrected chi connectivity index (χ3v) is 2.17. The van der Waals surface area contributed by atoms with Gasteiger partial charge in [-0.2, -0.15) is 0 Å². The minimum atomic E-state index is -1.13. The van der Waals surface area contributed by atoms with Gasteiger partial charge in [-0.3, -0.25) is 4.90 Å².